The lowest BCUT2D eigenvalue weighted by Crippen LogP contribution is -2.42. The third-order valence-corrected chi connectivity index (χ3v) is 5.96. The number of carbonyl (C=O) groups is 3. The molecule has 0 saturated carbocycles. The standard InChI is InChI=1S/C28H34FN5O6/c1-17(2)40-26-20(29)15-30-22-14-19(31-25(22)26)16-34-12-8-9-18(27(34)37)13-23(35)21(32-28(38)39-5)10-6-7-11-24(36)33(3)4/h7-9,11-12,14-15,17,21,31H,6,10,13,16H2,1-5H3,(H,32,38)/b11-7+/t21-/m0/s1. The van der Waals surface area contributed by atoms with E-state index in [0.29, 0.717) is 23.1 Å². The average Bonchev–Trinajstić information content (AvgIpc) is 3.32. The van der Waals surface area contributed by atoms with E-state index < -0.39 is 18.0 Å². The minimum absolute atomic E-state index is 0.0583. The van der Waals surface area contributed by atoms with Crippen molar-refractivity contribution in [3.8, 4) is 5.75 Å². The van der Waals surface area contributed by atoms with Gasteiger partial charge in [-0.25, -0.2) is 9.18 Å². The van der Waals surface area contributed by atoms with Crippen LogP contribution in [0.1, 0.15) is 37.9 Å². The van der Waals surface area contributed by atoms with Crippen LogP contribution in [0.2, 0.25) is 0 Å². The van der Waals surface area contributed by atoms with E-state index in [-0.39, 0.29) is 54.1 Å². The second-order valence-corrected chi connectivity index (χ2v) is 9.67. The zero-order valence-electron chi connectivity index (χ0n) is 23.2. The molecule has 0 bridgehead atoms. The number of halogens is 1. The van der Waals surface area contributed by atoms with Gasteiger partial charge in [0, 0.05) is 38.0 Å². The molecule has 2 N–H and O–H groups in total. The van der Waals surface area contributed by atoms with Crippen molar-refractivity contribution in [2.45, 2.75) is 51.8 Å². The van der Waals surface area contributed by atoms with E-state index >= 15 is 0 Å². The molecule has 3 aromatic rings. The normalized spacial score (nSPS) is 12.1. The van der Waals surface area contributed by atoms with Gasteiger partial charge in [0.1, 0.15) is 5.52 Å². The summed E-state index contributed by atoms with van der Waals surface area (Å²) in [6, 6.07) is 3.99. The Labute approximate surface area is 231 Å². The number of pyridine rings is 2. The van der Waals surface area contributed by atoms with Crippen molar-refractivity contribution < 1.29 is 28.2 Å². The number of hydrogen-bond donors (Lipinski definition) is 2. The monoisotopic (exact) mass is 555 g/mol. The number of ether oxygens (including phenoxy) is 2. The van der Waals surface area contributed by atoms with E-state index in [4.69, 9.17) is 4.74 Å². The Morgan fingerprint density at radius 3 is 2.70 bits per heavy atom. The fourth-order valence-electron chi connectivity index (χ4n) is 3.96. The molecule has 214 valence electrons. The number of H-pyrrole nitrogens is 1. The van der Waals surface area contributed by atoms with Gasteiger partial charge in [0.2, 0.25) is 5.91 Å². The molecule has 0 unspecified atom stereocenters. The van der Waals surface area contributed by atoms with Crippen molar-refractivity contribution in [3.05, 3.63) is 70.2 Å². The molecule has 0 saturated heterocycles. The first-order chi connectivity index (χ1) is 19.0. The summed E-state index contributed by atoms with van der Waals surface area (Å²) in [6.45, 7) is 3.69. The zero-order chi connectivity index (χ0) is 29.4. The van der Waals surface area contributed by atoms with Crippen molar-refractivity contribution in [1.82, 2.24) is 24.8 Å². The third-order valence-electron chi connectivity index (χ3n) is 5.96. The van der Waals surface area contributed by atoms with Crippen molar-refractivity contribution >= 4 is 28.8 Å². The number of ketones is 1. The van der Waals surface area contributed by atoms with Gasteiger partial charge in [-0.3, -0.25) is 19.4 Å². The highest BCUT2D eigenvalue weighted by Gasteiger charge is 2.22. The molecule has 1 atom stereocenters. The number of methoxy groups -OCH3 is 1. The number of hydrogen-bond acceptors (Lipinski definition) is 7. The van der Waals surface area contributed by atoms with Crippen LogP contribution < -0.4 is 15.6 Å². The van der Waals surface area contributed by atoms with Gasteiger partial charge >= 0.3 is 6.09 Å². The number of Topliss-reactive ketones (excluding diaryl/α,β-unsaturated/α-hetero) is 1. The minimum Gasteiger partial charge on any atom is -0.486 e. The van der Waals surface area contributed by atoms with Crippen molar-refractivity contribution in [2.24, 2.45) is 0 Å². The molecule has 0 aliphatic heterocycles. The summed E-state index contributed by atoms with van der Waals surface area (Å²) in [5.74, 6) is -1.12. The second kappa shape index (κ2) is 13.5. The van der Waals surface area contributed by atoms with Crippen molar-refractivity contribution in [2.75, 3.05) is 21.2 Å². The first-order valence-corrected chi connectivity index (χ1v) is 12.8. The average molecular weight is 556 g/mol. The largest absolute Gasteiger partial charge is 0.486 e. The van der Waals surface area contributed by atoms with Gasteiger partial charge in [-0.2, -0.15) is 0 Å². The number of fused-ring (bicyclic) bond motifs is 1. The fraction of sp³-hybridized carbons (Fsp3) is 0.393. The van der Waals surface area contributed by atoms with Crippen LogP contribution in [0.4, 0.5) is 9.18 Å². The maximum atomic E-state index is 14.3. The van der Waals surface area contributed by atoms with Crippen LogP contribution in [-0.2, 0) is 27.3 Å². The molecule has 2 amide bonds. The number of alkyl carbamates (subject to hydrolysis) is 1. The van der Waals surface area contributed by atoms with Crippen molar-refractivity contribution in [1.29, 1.82) is 0 Å². The molecule has 11 nitrogen and oxygen atoms in total. The van der Waals surface area contributed by atoms with E-state index in [2.05, 4.69) is 20.0 Å². The number of nitrogens with zero attached hydrogens (tertiary/aromatic N) is 3. The number of likely N-dealkylation sites (N-methyl/N-ethyl adjacent to an activating group) is 1. The highest BCUT2D eigenvalue weighted by Crippen LogP contribution is 2.28. The number of nitrogens with one attached hydrogen (secondary N) is 2. The third kappa shape index (κ3) is 7.78. The molecule has 3 heterocycles. The van der Waals surface area contributed by atoms with Gasteiger partial charge in [-0.15, -0.1) is 0 Å². The Bertz CT molecular complexity index is 1460. The summed E-state index contributed by atoms with van der Waals surface area (Å²) >= 11 is 0. The van der Waals surface area contributed by atoms with Crippen LogP contribution in [0.5, 0.6) is 5.75 Å². The smallest absolute Gasteiger partial charge is 0.407 e. The first-order valence-electron chi connectivity index (χ1n) is 12.8. The summed E-state index contributed by atoms with van der Waals surface area (Å²) in [5, 5.41) is 2.51. The lowest BCUT2D eigenvalue weighted by atomic mass is 10.0. The van der Waals surface area contributed by atoms with Crippen LogP contribution in [0, 0.1) is 5.82 Å². The van der Waals surface area contributed by atoms with E-state index in [0.717, 1.165) is 6.20 Å². The fourth-order valence-corrected chi connectivity index (χ4v) is 3.96. The summed E-state index contributed by atoms with van der Waals surface area (Å²) in [7, 11) is 4.43. The highest BCUT2D eigenvalue weighted by molar-refractivity contribution is 5.89. The quantitative estimate of drug-likeness (QED) is 0.328. The Hall–Kier alpha value is -4.48. The lowest BCUT2D eigenvalue weighted by Gasteiger charge is -2.16. The van der Waals surface area contributed by atoms with E-state index in [9.17, 15) is 23.6 Å². The van der Waals surface area contributed by atoms with Crippen LogP contribution in [-0.4, -0.2) is 70.6 Å². The predicted molar refractivity (Wildman–Crippen MR) is 147 cm³/mol. The minimum atomic E-state index is -0.923. The number of rotatable bonds is 12. The Morgan fingerprint density at radius 2 is 2.02 bits per heavy atom. The van der Waals surface area contributed by atoms with E-state index in [1.54, 1.807) is 58.4 Å². The summed E-state index contributed by atoms with van der Waals surface area (Å²) < 4.78 is 26.0. The Balaban J connectivity index is 1.78. The van der Waals surface area contributed by atoms with Gasteiger partial charge in [0.15, 0.2) is 17.3 Å². The van der Waals surface area contributed by atoms with Crippen LogP contribution >= 0.6 is 0 Å². The molecule has 0 fully saturated rings. The van der Waals surface area contributed by atoms with E-state index in [1.165, 1.54) is 22.7 Å². The number of amides is 2. The Morgan fingerprint density at radius 1 is 1.27 bits per heavy atom. The zero-order valence-corrected chi connectivity index (χ0v) is 23.2. The van der Waals surface area contributed by atoms with E-state index in [1.807, 2.05) is 0 Å². The first kappa shape index (κ1) is 30.1. The molecule has 12 heteroatoms. The molecular formula is C28H34FN5O6. The topological polar surface area (TPSA) is 136 Å². The summed E-state index contributed by atoms with van der Waals surface area (Å²) in [6.07, 6.45) is 4.99. The van der Waals surface area contributed by atoms with Gasteiger partial charge in [0.05, 0.1) is 37.5 Å². The molecule has 0 radical (unpaired) electrons. The van der Waals surface area contributed by atoms with Crippen molar-refractivity contribution in [3.63, 3.8) is 0 Å². The maximum absolute atomic E-state index is 14.3. The van der Waals surface area contributed by atoms with Crippen LogP contribution in [0.25, 0.3) is 11.0 Å². The summed E-state index contributed by atoms with van der Waals surface area (Å²) in [4.78, 5) is 58.5. The summed E-state index contributed by atoms with van der Waals surface area (Å²) in [5.41, 5.74) is 1.33. The molecular weight excluding hydrogens is 521 g/mol. The van der Waals surface area contributed by atoms with Gasteiger partial charge in [-0.1, -0.05) is 12.1 Å². The highest BCUT2D eigenvalue weighted by atomic mass is 19.1. The molecule has 3 rings (SSSR count). The van der Waals surface area contributed by atoms with Gasteiger partial charge < -0.3 is 29.2 Å². The van der Waals surface area contributed by atoms with Gasteiger partial charge in [-0.05, 0) is 44.9 Å². The second-order valence-electron chi connectivity index (χ2n) is 9.67. The number of carbonyl (C=O) groups excluding carboxylic acids is 3. The number of aromatic amines is 1. The molecule has 3 aromatic heterocycles. The molecule has 0 aliphatic carbocycles. The number of allylic oxidation sites excluding steroid dienone is 1. The SMILES string of the molecule is COC(=O)N[C@@H](CC/C=C/C(=O)N(C)C)C(=O)Cc1cccn(Cc2cc3ncc(F)c(OC(C)C)c3[nH]2)c1=O. The number of aromatic nitrogens is 3. The molecule has 0 spiro atoms. The molecule has 0 aliphatic rings. The maximum Gasteiger partial charge on any atom is 0.407 e. The molecule has 40 heavy (non-hydrogen) atoms. The Kier molecular flexibility index (Phi) is 10.2. The van der Waals surface area contributed by atoms with Gasteiger partial charge in [0.25, 0.3) is 5.56 Å². The predicted octanol–water partition coefficient (Wildman–Crippen LogP) is 2.96. The van der Waals surface area contributed by atoms with Crippen LogP contribution in [0.3, 0.4) is 0 Å². The van der Waals surface area contributed by atoms with Crippen LogP contribution in [0.15, 0.2) is 47.5 Å². The lowest BCUT2D eigenvalue weighted by molar-refractivity contribution is -0.123. The molecule has 0 aromatic carbocycles.